The molecule has 3 N–H and O–H groups in total. The van der Waals surface area contributed by atoms with Gasteiger partial charge in [-0.2, -0.15) is 0 Å². The normalized spacial score (nSPS) is 24.6. The van der Waals surface area contributed by atoms with Crippen molar-refractivity contribution in [2.24, 2.45) is 5.41 Å². The van der Waals surface area contributed by atoms with Crippen molar-refractivity contribution in [1.29, 1.82) is 0 Å². The predicted octanol–water partition coefficient (Wildman–Crippen LogP) is 0.233. The van der Waals surface area contributed by atoms with Crippen LogP contribution in [0, 0.1) is 12.3 Å². The molecule has 1 amide bonds. The van der Waals surface area contributed by atoms with Gasteiger partial charge in [-0.1, -0.05) is 6.92 Å². The quantitative estimate of drug-likeness (QED) is 0.703. The van der Waals surface area contributed by atoms with Crippen LogP contribution in [-0.4, -0.2) is 40.7 Å². The molecule has 0 saturated carbocycles. The molecule has 2 rings (SSSR count). The molecule has 0 spiro atoms. The van der Waals surface area contributed by atoms with E-state index < -0.39 is 0 Å². The van der Waals surface area contributed by atoms with Crippen LogP contribution < -0.4 is 10.6 Å². The molecule has 1 atom stereocenters. The zero-order valence-corrected chi connectivity index (χ0v) is 10.3. The Labute approximate surface area is 101 Å². The van der Waals surface area contributed by atoms with Crippen LogP contribution in [0.3, 0.4) is 0 Å². The number of H-pyrrole nitrogens is 1. The van der Waals surface area contributed by atoms with Crippen LogP contribution in [-0.2, 0) is 0 Å². The van der Waals surface area contributed by atoms with Gasteiger partial charge in [0.1, 0.15) is 5.82 Å². The fraction of sp³-hybridized carbons (Fsp3) is 0.727. The summed E-state index contributed by atoms with van der Waals surface area (Å²) < 4.78 is 0. The number of carbonyl (C=O) groups is 1. The van der Waals surface area contributed by atoms with Crippen molar-refractivity contribution >= 4 is 5.91 Å². The third-order valence-electron chi connectivity index (χ3n) is 3.16. The van der Waals surface area contributed by atoms with Crippen molar-refractivity contribution in [2.75, 3.05) is 19.6 Å². The maximum absolute atomic E-state index is 11.8. The summed E-state index contributed by atoms with van der Waals surface area (Å²) in [7, 11) is 0. The smallest absolute Gasteiger partial charge is 0.290 e. The first-order valence-corrected chi connectivity index (χ1v) is 5.97. The summed E-state index contributed by atoms with van der Waals surface area (Å²) in [5.41, 5.74) is 0.138. The zero-order valence-electron chi connectivity index (χ0n) is 10.3. The lowest BCUT2D eigenvalue weighted by Gasteiger charge is -2.34. The molecule has 0 radical (unpaired) electrons. The number of nitrogens with one attached hydrogen (secondary N) is 3. The third kappa shape index (κ3) is 3.03. The van der Waals surface area contributed by atoms with Gasteiger partial charge < -0.3 is 10.6 Å². The highest BCUT2D eigenvalue weighted by atomic mass is 16.2. The van der Waals surface area contributed by atoms with Gasteiger partial charge in [-0.25, -0.2) is 4.98 Å². The maximum Gasteiger partial charge on any atom is 0.290 e. The number of hydrogen-bond acceptors (Lipinski definition) is 4. The number of aryl methyl sites for hydroxylation is 1. The third-order valence-corrected chi connectivity index (χ3v) is 3.16. The first kappa shape index (κ1) is 12.0. The Morgan fingerprint density at radius 1 is 1.59 bits per heavy atom. The molecular formula is C11H19N5O. The van der Waals surface area contributed by atoms with E-state index in [-0.39, 0.29) is 17.1 Å². The Morgan fingerprint density at radius 2 is 2.41 bits per heavy atom. The molecule has 1 aliphatic heterocycles. The number of nitrogens with zero attached hydrogens (tertiary/aromatic N) is 2. The molecule has 1 aromatic rings. The summed E-state index contributed by atoms with van der Waals surface area (Å²) in [6.07, 6.45) is 2.29. The van der Waals surface area contributed by atoms with E-state index >= 15 is 0 Å². The molecule has 1 aliphatic rings. The van der Waals surface area contributed by atoms with E-state index in [1.165, 1.54) is 0 Å². The molecule has 6 nitrogen and oxygen atoms in total. The van der Waals surface area contributed by atoms with E-state index in [0.717, 1.165) is 25.9 Å². The van der Waals surface area contributed by atoms with E-state index in [1.54, 1.807) is 6.92 Å². The van der Waals surface area contributed by atoms with E-state index in [1.807, 2.05) is 0 Å². The lowest BCUT2D eigenvalue weighted by molar-refractivity contribution is 0.0914. The van der Waals surface area contributed by atoms with Gasteiger partial charge in [0.25, 0.3) is 5.91 Å². The van der Waals surface area contributed by atoms with Crippen LogP contribution in [0.1, 0.15) is 36.2 Å². The first-order valence-electron chi connectivity index (χ1n) is 5.97. The van der Waals surface area contributed by atoms with E-state index in [0.29, 0.717) is 12.4 Å². The summed E-state index contributed by atoms with van der Waals surface area (Å²) in [6.45, 7) is 6.63. The second-order valence-corrected chi connectivity index (χ2v) is 5.02. The van der Waals surface area contributed by atoms with Crippen LogP contribution in [0.25, 0.3) is 0 Å². The molecule has 6 heteroatoms. The summed E-state index contributed by atoms with van der Waals surface area (Å²) in [4.78, 5) is 15.8. The average Bonchev–Trinajstić information content (AvgIpc) is 2.74. The van der Waals surface area contributed by atoms with Gasteiger partial charge in [0.15, 0.2) is 0 Å². The number of aromatic nitrogens is 3. The first-order chi connectivity index (χ1) is 8.09. The number of aromatic amines is 1. The Bertz CT molecular complexity index is 394. The second kappa shape index (κ2) is 4.83. The van der Waals surface area contributed by atoms with Crippen molar-refractivity contribution < 1.29 is 4.79 Å². The molecule has 2 heterocycles. The summed E-state index contributed by atoms with van der Waals surface area (Å²) in [6, 6.07) is 0. The highest BCUT2D eigenvalue weighted by Gasteiger charge is 2.27. The van der Waals surface area contributed by atoms with Gasteiger partial charge in [-0.3, -0.25) is 9.89 Å². The number of piperidine rings is 1. The van der Waals surface area contributed by atoms with Crippen molar-refractivity contribution in [3.05, 3.63) is 11.6 Å². The number of amides is 1. The standard InChI is InChI=1S/C11H19N5O/c1-8-14-9(16-15-8)10(17)13-7-11(2)4-3-5-12-6-11/h12H,3-7H2,1-2H3,(H,13,17)(H,14,15,16). The average molecular weight is 237 g/mol. The van der Waals surface area contributed by atoms with Crippen molar-refractivity contribution in [2.45, 2.75) is 26.7 Å². The van der Waals surface area contributed by atoms with Crippen LogP contribution in [0.2, 0.25) is 0 Å². The Kier molecular flexibility index (Phi) is 3.42. The largest absolute Gasteiger partial charge is 0.349 e. The van der Waals surface area contributed by atoms with E-state index in [2.05, 4.69) is 32.7 Å². The molecule has 17 heavy (non-hydrogen) atoms. The summed E-state index contributed by atoms with van der Waals surface area (Å²) >= 11 is 0. The molecule has 1 fully saturated rings. The SMILES string of the molecule is Cc1nc(C(=O)NCC2(C)CCCNC2)n[nH]1. The fourth-order valence-corrected chi connectivity index (χ4v) is 2.09. The van der Waals surface area contributed by atoms with Crippen molar-refractivity contribution in [3.63, 3.8) is 0 Å². The minimum Gasteiger partial charge on any atom is -0.349 e. The van der Waals surface area contributed by atoms with Gasteiger partial charge in [0.05, 0.1) is 0 Å². The zero-order chi connectivity index (χ0) is 12.3. The molecule has 0 aromatic carbocycles. The van der Waals surface area contributed by atoms with Gasteiger partial charge >= 0.3 is 0 Å². The minimum absolute atomic E-state index is 0.138. The topological polar surface area (TPSA) is 82.7 Å². The van der Waals surface area contributed by atoms with Gasteiger partial charge in [0.2, 0.25) is 5.82 Å². The fourth-order valence-electron chi connectivity index (χ4n) is 2.09. The number of hydrogen-bond donors (Lipinski definition) is 3. The summed E-state index contributed by atoms with van der Waals surface area (Å²) in [5, 5.41) is 12.8. The lowest BCUT2D eigenvalue weighted by Crippen LogP contribution is -2.45. The highest BCUT2D eigenvalue weighted by molar-refractivity contribution is 5.90. The molecule has 1 saturated heterocycles. The van der Waals surface area contributed by atoms with Gasteiger partial charge in [-0.15, -0.1) is 5.10 Å². The lowest BCUT2D eigenvalue weighted by atomic mass is 9.83. The van der Waals surface area contributed by atoms with E-state index in [9.17, 15) is 4.79 Å². The van der Waals surface area contributed by atoms with Gasteiger partial charge in [-0.05, 0) is 31.7 Å². The minimum atomic E-state index is -0.207. The summed E-state index contributed by atoms with van der Waals surface area (Å²) in [5.74, 6) is 0.664. The van der Waals surface area contributed by atoms with Crippen LogP contribution in [0.15, 0.2) is 0 Å². The number of carbonyl (C=O) groups excluding carboxylic acids is 1. The monoisotopic (exact) mass is 237 g/mol. The van der Waals surface area contributed by atoms with Gasteiger partial charge in [0, 0.05) is 13.1 Å². The second-order valence-electron chi connectivity index (χ2n) is 5.02. The van der Waals surface area contributed by atoms with Crippen LogP contribution in [0.5, 0.6) is 0 Å². The Morgan fingerprint density at radius 3 is 3.00 bits per heavy atom. The Hall–Kier alpha value is -1.43. The van der Waals surface area contributed by atoms with E-state index in [4.69, 9.17) is 0 Å². The molecule has 1 aromatic heterocycles. The molecule has 0 bridgehead atoms. The van der Waals surface area contributed by atoms with Crippen molar-refractivity contribution in [3.8, 4) is 0 Å². The molecule has 1 unspecified atom stereocenters. The van der Waals surface area contributed by atoms with Crippen molar-refractivity contribution in [1.82, 2.24) is 25.8 Å². The molecule has 0 aliphatic carbocycles. The molecule has 94 valence electrons. The predicted molar refractivity (Wildman–Crippen MR) is 63.7 cm³/mol. The van der Waals surface area contributed by atoms with Crippen LogP contribution in [0.4, 0.5) is 0 Å². The van der Waals surface area contributed by atoms with Crippen LogP contribution >= 0.6 is 0 Å². The Balaban J connectivity index is 1.87. The number of rotatable bonds is 3. The highest BCUT2D eigenvalue weighted by Crippen LogP contribution is 2.24. The molecular weight excluding hydrogens is 218 g/mol. The maximum atomic E-state index is 11.8.